The largest absolute Gasteiger partial charge is 0.467 e. The van der Waals surface area contributed by atoms with Crippen LogP contribution in [0.4, 0.5) is 0 Å². The molecule has 11 nitrogen and oxygen atoms in total. The van der Waals surface area contributed by atoms with Crippen LogP contribution in [0.2, 0.25) is 0 Å². The molecule has 1 N–H and O–H groups in total. The first-order valence-electron chi connectivity index (χ1n) is 8.86. The van der Waals surface area contributed by atoms with E-state index in [0.717, 1.165) is 14.8 Å². The van der Waals surface area contributed by atoms with Crippen molar-refractivity contribution in [3.05, 3.63) is 80.7 Å². The van der Waals surface area contributed by atoms with Crippen LogP contribution in [0.15, 0.2) is 61.2 Å². The summed E-state index contributed by atoms with van der Waals surface area (Å²) in [5.41, 5.74) is -0.117. The zero-order valence-electron chi connectivity index (χ0n) is 16.0. The number of benzene rings is 1. The lowest BCUT2D eigenvalue weighted by Crippen LogP contribution is -2.40. The highest BCUT2D eigenvalue weighted by molar-refractivity contribution is 5.89. The molecule has 3 aromatic heterocycles. The average molecular weight is 408 g/mol. The smallest absolute Gasteiger partial charge is 0.351 e. The zero-order valence-corrected chi connectivity index (χ0v) is 16.0. The maximum Gasteiger partial charge on any atom is 0.351 e. The Labute approximate surface area is 168 Å². The molecule has 0 aliphatic heterocycles. The molecule has 0 aliphatic rings. The van der Waals surface area contributed by atoms with E-state index in [1.54, 1.807) is 24.3 Å². The van der Waals surface area contributed by atoms with Gasteiger partial charge in [-0.2, -0.15) is 14.8 Å². The summed E-state index contributed by atoms with van der Waals surface area (Å²) in [6, 6.07) is 10.4. The molecule has 0 bridgehead atoms. The molecular formula is C19H16N6O5. The number of hydrogen-bond donors (Lipinski definition) is 1. The van der Waals surface area contributed by atoms with Gasteiger partial charge in [0.05, 0.1) is 18.5 Å². The van der Waals surface area contributed by atoms with Gasteiger partial charge in [0.25, 0.3) is 5.56 Å². The van der Waals surface area contributed by atoms with Crippen molar-refractivity contribution in [1.29, 1.82) is 0 Å². The third kappa shape index (κ3) is 3.55. The minimum Gasteiger partial charge on any atom is -0.467 e. The van der Waals surface area contributed by atoms with Crippen molar-refractivity contribution in [2.75, 3.05) is 0 Å². The summed E-state index contributed by atoms with van der Waals surface area (Å²) in [6.07, 6.45) is 1.48. The summed E-state index contributed by atoms with van der Waals surface area (Å²) < 4.78 is 12.0. The fraction of sp³-hybridized carbons (Fsp3) is 0.158. The summed E-state index contributed by atoms with van der Waals surface area (Å²) in [5.74, 6) is -0.661. The molecule has 30 heavy (non-hydrogen) atoms. The minimum atomic E-state index is -0.716. The second-order valence-corrected chi connectivity index (χ2v) is 6.43. The molecule has 11 heteroatoms. The average Bonchev–Trinajstić information content (AvgIpc) is 3.44. The molecule has 0 radical (unpaired) electrons. The Bertz CT molecular complexity index is 1310. The van der Waals surface area contributed by atoms with Gasteiger partial charge in [0.2, 0.25) is 5.82 Å². The molecule has 0 fully saturated rings. The number of furan rings is 1. The number of nitrogens with zero attached hydrogens (tertiary/aromatic N) is 5. The Kier molecular flexibility index (Phi) is 4.84. The van der Waals surface area contributed by atoms with Crippen molar-refractivity contribution in [1.82, 2.24) is 29.8 Å². The highest BCUT2D eigenvalue weighted by Crippen LogP contribution is 2.11. The van der Waals surface area contributed by atoms with E-state index in [9.17, 15) is 14.4 Å². The van der Waals surface area contributed by atoms with Crippen LogP contribution >= 0.6 is 0 Å². The molecule has 0 saturated heterocycles. The Hall–Kier alpha value is -4.28. The predicted molar refractivity (Wildman–Crippen MR) is 103 cm³/mol. The van der Waals surface area contributed by atoms with Crippen molar-refractivity contribution in [2.24, 2.45) is 7.05 Å². The van der Waals surface area contributed by atoms with Crippen molar-refractivity contribution in [3.63, 3.8) is 0 Å². The number of aryl methyl sites for hydroxylation is 1. The van der Waals surface area contributed by atoms with Crippen LogP contribution in [0.25, 0.3) is 17.2 Å². The van der Waals surface area contributed by atoms with E-state index in [-0.39, 0.29) is 24.0 Å². The lowest BCUT2D eigenvalue weighted by atomic mass is 10.2. The Balaban J connectivity index is 1.67. The van der Waals surface area contributed by atoms with Crippen LogP contribution in [0.5, 0.6) is 0 Å². The monoisotopic (exact) mass is 408 g/mol. The van der Waals surface area contributed by atoms with Crippen LogP contribution in [0.3, 0.4) is 0 Å². The summed E-state index contributed by atoms with van der Waals surface area (Å²) in [4.78, 5) is 41.2. The molecular weight excluding hydrogens is 392 g/mol. The quantitative estimate of drug-likeness (QED) is 0.512. The van der Waals surface area contributed by atoms with Gasteiger partial charge < -0.3 is 14.3 Å². The Morgan fingerprint density at radius 1 is 1.17 bits per heavy atom. The van der Waals surface area contributed by atoms with Crippen LogP contribution in [-0.2, 0) is 13.6 Å². The van der Waals surface area contributed by atoms with Crippen LogP contribution in [0.1, 0.15) is 22.0 Å². The van der Waals surface area contributed by atoms with Crippen LogP contribution in [0, 0.1) is 6.92 Å². The first-order chi connectivity index (χ1) is 14.4. The number of amides is 1. The third-order valence-electron chi connectivity index (χ3n) is 4.29. The number of nitrogens with one attached hydrogen (secondary N) is 1. The molecule has 152 valence electrons. The van der Waals surface area contributed by atoms with Crippen molar-refractivity contribution in [3.8, 4) is 17.2 Å². The van der Waals surface area contributed by atoms with Gasteiger partial charge in [-0.15, -0.1) is 0 Å². The van der Waals surface area contributed by atoms with E-state index in [0.29, 0.717) is 11.4 Å². The standard InChI is InChI=1S/C19H16N6O5/c1-11-5-7-12(8-6-11)25-19(28)24(2)18(27)14(22-25)15-21-17(30-23-15)16(26)20-10-13-4-3-9-29-13/h3-9H,10H2,1-2H3,(H,20,26). The number of aromatic nitrogens is 5. The normalized spacial score (nSPS) is 10.9. The van der Waals surface area contributed by atoms with Gasteiger partial charge in [-0.25, -0.2) is 4.79 Å². The molecule has 4 rings (SSSR count). The minimum absolute atomic E-state index is 0.127. The van der Waals surface area contributed by atoms with Crippen molar-refractivity contribution < 1.29 is 13.7 Å². The van der Waals surface area contributed by atoms with Crippen LogP contribution < -0.4 is 16.6 Å². The molecule has 3 heterocycles. The molecule has 4 aromatic rings. The fourth-order valence-electron chi connectivity index (χ4n) is 2.64. The molecule has 0 aliphatic carbocycles. The zero-order chi connectivity index (χ0) is 21.3. The van der Waals surface area contributed by atoms with Gasteiger partial charge in [-0.3, -0.25) is 14.2 Å². The van der Waals surface area contributed by atoms with E-state index in [1.807, 2.05) is 19.1 Å². The maximum atomic E-state index is 12.5. The van der Waals surface area contributed by atoms with E-state index in [2.05, 4.69) is 20.6 Å². The molecule has 0 spiro atoms. The second kappa shape index (κ2) is 7.62. The van der Waals surface area contributed by atoms with E-state index in [1.165, 1.54) is 13.3 Å². The van der Waals surface area contributed by atoms with Crippen molar-refractivity contribution in [2.45, 2.75) is 13.5 Å². The third-order valence-corrected chi connectivity index (χ3v) is 4.29. The van der Waals surface area contributed by atoms with E-state index < -0.39 is 17.2 Å². The van der Waals surface area contributed by atoms with Gasteiger partial charge in [0.15, 0.2) is 5.69 Å². The Morgan fingerprint density at radius 3 is 2.63 bits per heavy atom. The van der Waals surface area contributed by atoms with E-state index in [4.69, 9.17) is 8.94 Å². The van der Waals surface area contributed by atoms with Gasteiger partial charge in [-0.05, 0) is 31.2 Å². The molecule has 0 saturated carbocycles. The van der Waals surface area contributed by atoms with Gasteiger partial charge >= 0.3 is 17.5 Å². The van der Waals surface area contributed by atoms with Gasteiger partial charge in [0, 0.05) is 7.05 Å². The lowest BCUT2D eigenvalue weighted by Gasteiger charge is -2.08. The fourth-order valence-corrected chi connectivity index (χ4v) is 2.64. The maximum absolute atomic E-state index is 12.5. The second-order valence-electron chi connectivity index (χ2n) is 6.43. The first kappa shape index (κ1) is 19.1. The number of carbonyl (C=O) groups is 1. The summed E-state index contributed by atoms with van der Waals surface area (Å²) >= 11 is 0. The molecule has 1 amide bonds. The molecule has 0 unspecified atom stereocenters. The SMILES string of the molecule is Cc1ccc(-n2nc(-c3noc(C(=O)NCc4ccco4)n3)c(=O)n(C)c2=O)cc1. The predicted octanol–water partition coefficient (Wildman–Crippen LogP) is 0.813. The van der Waals surface area contributed by atoms with Gasteiger partial charge in [-0.1, -0.05) is 22.9 Å². The Morgan fingerprint density at radius 2 is 1.93 bits per heavy atom. The number of hydrogen-bond acceptors (Lipinski definition) is 8. The van der Waals surface area contributed by atoms with Gasteiger partial charge in [0.1, 0.15) is 5.76 Å². The molecule has 1 aromatic carbocycles. The summed E-state index contributed by atoms with van der Waals surface area (Å²) in [5, 5.41) is 10.3. The highest BCUT2D eigenvalue weighted by Gasteiger charge is 2.22. The van der Waals surface area contributed by atoms with E-state index >= 15 is 0 Å². The van der Waals surface area contributed by atoms with Crippen molar-refractivity contribution >= 4 is 5.91 Å². The first-order valence-corrected chi connectivity index (χ1v) is 8.86. The summed E-state index contributed by atoms with van der Waals surface area (Å²) in [6.45, 7) is 2.03. The summed E-state index contributed by atoms with van der Waals surface area (Å²) in [7, 11) is 1.32. The highest BCUT2D eigenvalue weighted by atomic mass is 16.5. The topological polar surface area (TPSA) is 138 Å². The van der Waals surface area contributed by atoms with Crippen LogP contribution in [-0.4, -0.2) is 30.4 Å². The molecule has 0 atom stereocenters. The number of carbonyl (C=O) groups excluding carboxylic acids is 1. The number of rotatable bonds is 5. The lowest BCUT2D eigenvalue weighted by molar-refractivity contribution is 0.0904.